The van der Waals surface area contributed by atoms with Gasteiger partial charge in [-0.25, -0.2) is 12.8 Å². The van der Waals surface area contributed by atoms with Crippen LogP contribution in [0.4, 0.5) is 15.8 Å². The number of likely N-dealkylation sites (tertiary alicyclic amines) is 1. The Bertz CT molecular complexity index is 1180. The summed E-state index contributed by atoms with van der Waals surface area (Å²) in [6.07, 6.45) is 1.82. The number of piperidine rings is 1. The van der Waals surface area contributed by atoms with Gasteiger partial charge in [0, 0.05) is 18.0 Å². The van der Waals surface area contributed by atoms with Crippen LogP contribution >= 0.6 is 23.4 Å². The third-order valence-corrected chi connectivity index (χ3v) is 8.43. The van der Waals surface area contributed by atoms with Crippen molar-refractivity contribution in [3.8, 4) is 0 Å². The van der Waals surface area contributed by atoms with Crippen LogP contribution in [0.5, 0.6) is 0 Å². The van der Waals surface area contributed by atoms with Crippen LogP contribution in [0.25, 0.3) is 0 Å². The topological polar surface area (TPSA) is 95.6 Å². The average molecular weight is 498 g/mol. The molecule has 2 heterocycles. The van der Waals surface area contributed by atoms with Crippen LogP contribution in [-0.4, -0.2) is 43.5 Å². The number of carbonyl (C=O) groups is 2. The van der Waals surface area contributed by atoms with Gasteiger partial charge in [0.25, 0.3) is 10.0 Å². The van der Waals surface area contributed by atoms with Gasteiger partial charge in [0.15, 0.2) is 5.25 Å². The Morgan fingerprint density at radius 1 is 1.22 bits per heavy atom. The fourth-order valence-electron chi connectivity index (χ4n) is 3.59. The lowest BCUT2D eigenvalue weighted by Gasteiger charge is -2.33. The Morgan fingerprint density at radius 2 is 1.94 bits per heavy atom. The van der Waals surface area contributed by atoms with Gasteiger partial charge in [0.1, 0.15) is 5.82 Å². The first-order valence-electron chi connectivity index (χ1n) is 10.0. The molecule has 2 aliphatic heterocycles. The molecule has 1 atom stereocenters. The molecule has 2 N–H and O–H groups in total. The SMILES string of the molecule is CC1CCN(C(=O)[C@@H]2Sc3ccc(S(=O)(=O)Nc4ccc(F)cc4Cl)cc3NC2=O)CC1. The highest BCUT2D eigenvalue weighted by Crippen LogP contribution is 2.38. The van der Waals surface area contributed by atoms with Crippen LogP contribution in [0.15, 0.2) is 46.2 Å². The van der Waals surface area contributed by atoms with Crippen LogP contribution in [0.3, 0.4) is 0 Å². The molecule has 2 aromatic carbocycles. The van der Waals surface area contributed by atoms with E-state index in [0.29, 0.717) is 29.6 Å². The summed E-state index contributed by atoms with van der Waals surface area (Å²) in [6.45, 7) is 3.41. The fraction of sp³-hybridized carbons (Fsp3) is 0.333. The van der Waals surface area contributed by atoms with E-state index in [1.165, 1.54) is 18.2 Å². The highest BCUT2D eigenvalue weighted by molar-refractivity contribution is 8.01. The maximum atomic E-state index is 13.2. The Balaban J connectivity index is 1.52. The molecule has 2 aliphatic rings. The predicted octanol–water partition coefficient (Wildman–Crippen LogP) is 3.95. The minimum atomic E-state index is -4.04. The maximum Gasteiger partial charge on any atom is 0.262 e. The zero-order valence-corrected chi connectivity index (χ0v) is 19.5. The number of rotatable bonds is 4. The number of amides is 2. The number of carbonyl (C=O) groups excluding carboxylic acids is 2. The summed E-state index contributed by atoms with van der Waals surface area (Å²) in [7, 11) is -4.04. The van der Waals surface area contributed by atoms with E-state index in [1.54, 1.807) is 11.0 Å². The van der Waals surface area contributed by atoms with E-state index in [2.05, 4.69) is 17.0 Å². The van der Waals surface area contributed by atoms with Crippen LogP contribution in [0.1, 0.15) is 19.8 Å². The van der Waals surface area contributed by atoms with Crippen molar-refractivity contribution in [2.75, 3.05) is 23.1 Å². The molecule has 0 aromatic heterocycles. The van der Waals surface area contributed by atoms with Gasteiger partial charge in [-0.2, -0.15) is 0 Å². The molecule has 0 radical (unpaired) electrons. The summed E-state index contributed by atoms with van der Waals surface area (Å²) in [4.78, 5) is 27.7. The quantitative estimate of drug-likeness (QED) is 0.623. The number of hydrogen-bond acceptors (Lipinski definition) is 5. The number of thioether (sulfide) groups is 1. The largest absolute Gasteiger partial charge is 0.341 e. The van der Waals surface area contributed by atoms with Crippen molar-refractivity contribution >= 4 is 56.6 Å². The van der Waals surface area contributed by atoms with E-state index in [-0.39, 0.29) is 21.5 Å². The highest BCUT2D eigenvalue weighted by Gasteiger charge is 2.37. The standard InChI is InChI=1S/C21H21ClFN3O4S2/c1-12-6-8-26(9-7-12)21(28)19-20(27)24-17-11-14(3-5-18(17)31-19)32(29,30)25-16-4-2-13(23)10-15(16)22/h2-5,10-12,19,25H,6-9H2,1H3,(H,24,27)/t19-/m1/s1. The number of sulfonamides is 1. The number of benzene rings is 2. The molecule has 0 spiro atoms. The van der Waals surface area contributed by atoms with E-state index < -0.39 is 27.0 Å². The van der Waals surface area contributed by atoms with Crippen molar-refractivity contribution in [3.63, 3.8) is 0 Å². The Kier molecular flexibility index (Phi) is 6.37. The van der Waals surface area contributed by atoms with E-state index in [0.717, 1.165) is 36.7 Å². The normalized spacial score (nSPS) is 19.3. The van der Waals surface area contributed by atoms with Crippen molar-refractivity contribution in [1.82, 2.24) is 4.90 Å². The number of nitrogens with one attached hydrogen (secondary N) is 2. The molecule has 0 bridgehead atoms. The molecule has 1 saturated heterocycles. The summed E-state index contributed by atoms with van der Waals surface area (Å²) in [5.41, 5.74) is 0.343. The molecule has 11 heteroatoms. The minimum absolute atomic E-state index is 0.0331. The van der Waals surface area contributed by atoms with Crippen molar-refractivity contribution in [3.05, 3.63) is 47.2 Å². The number of hydrogen-bond donors (Lipinski definition) is 2. The summed E-state index contributed by atoms with van der Waals surface area (Å²) >= 11 is 7.03. The minimum Gasteiger partial charge on any atom is -0.341 e. The molecule has 0 unspecified atom stereocenters. The van der Waals surface area contributed by atoms with Crippen LogP contribution < -0.4 is 10.0 Å². The molecule has 0 aliphatic carbocycles. The predicted molar refractivity (Wildman–Crippen MR) is 122 cm³/mol. The van der Waals surface area contributed by atoms with Gasteiger partial charge < -0.3 is 10.2 Å². The van der Waals surface area contributed by atoms with Crippen molar-refractivity contribution in [2.45, 2.75) is 34.8 Å². The van der Waals surface area contributed by atoms with E-state index >= 15 is 0 Å². The smallest absolute Gasteiger partial charge is 0.262 e. The molecule has 1 fully saturated rings. The summed E-state index contributed by atoms with van der Waals surface area (Å²) in [5.74, 6) is -0.731. The molecule has 2 amide bonds. The molecule has 32 heavy (non-hydrogen) atoms. The molecule has 7 nitrogen and oxygen atoms in total. The van der Waals surface area contributed by atoms with Crippen LogP contribution in [0, 0.1) is 11.7 Å². The third kappa shape index (κ3) is 4.72. The molecular formula is C21H21ClFN3O4S2. The van der Waals surface area contributed by atoms with Crippen LogP contribution in [0.2, 0.25) is 5.02 Å². The van der Waals surface area contributed by atoms with Gasteiger partial charge in [-0.15, -0.1) is 11.8 Å². The van der Waals surface area contributed by atoms with Gasteiger partial charge in [0.2, 0.25) is 11.8 Å². The molecule has 4 rings (SSSR count). The van der Waals surface area contributed by atoms with Gasteiger partial charge in [-0.05, 0) is 55.2 Å². The first-order valence-corrected chi connectivity index (χ1v) is 12.8. The van der Waals surface area contributed by atoms with Crippen molar-refractivity contribution < 1.29 is 22.4 Å². The number of halogens is 2. The second kappa shape index (κ2) is 8.92. The van der Waals surface area contributed by atoms with Gasteiger partial charge in [-0.1, -0.05) is 18.5 Å². The zero-order valence-electron chi connectivity index (χ0n) is 17.1. The van der Waals surface area contributed by atoms with E-state index in [9.17, 15) is 22.4 Å². The van der Waals surface area contributed by atoms with E-state index in [4.69, 9.17) is 11.6 Å². The van der Waals surface area contributed by atoms with Gasteiger partial charge >= 0.3 is 0 Å². The first kappa shape index (κ1) is 22.9. The number of fused-ring (bicyclic) bond motifs is 1. The average Bonchev–Trinajstić information content (AvgIpc) is 2.75. The molecule has 0 saturated carbocycles. The Labute approximate surface area is 194 Å². The van der Waals surface area contributed by atoms with Gasteiger partial charge in [-0.3, -0.25) is 14.3 Å². The molecule has 2 aromatic rings. The highest BCUT2D eigenvalue weighted by atomic mass is 35.5. The Morgan fingerprint density at radius 3 is 2.62 bits per heavy atom. The third-order valence-electron chi connectivity index (χ3n) is 5.50. The Hall–Kier alpha value is -2.30. The van der Waals surface area contributed by atoms with Crippen molar-refractivity contribution in [2.24, 2.45) is 5.92 Å². The lowest BCUT2D eigenvalue weighted by molar-refractivity contribution is -0.135. The summed E-state index contributed by atoms with van der Waals surface area (Å²) < 4.78 is 41.1. The second-order valence-electron chi connectivity index (χ2n) is 7.88. The van der Waals surface area contributed by atoms with Crippen LogP contribution in [-0.2, 0) is 19.6 Å². The summed E-state index contributed by atoms with van der Waals surface area (Å²) in [5, 5.41) is 1.67. The zero-order chi connectivity index (χ0) is 23.0. The second-order valence-corrected chi connectivity index (χ2v) is 11.1. The lowest BCUT2D eigenvalue weighted by atomic mass is 9.99. The number of anilines is 2. The number of nitrogens with zero attached hydrogens (tertiary/aromatic N) is 1. The molecular weight excluding hydrogens is 477 g/mol. The first-order chi connectivity index (χ1) is 15.1. The molecule has 170 valence electrons. The van der Waals surface area contributed by atoms with E-state index in [1.807, 2.05) is 0 Å². The summed E-state index contributed by atoms with van der Waals surface area (Å²) in [6, 6.07) is 7.58. The maximum absolute atomic E-state index is 13.2. The monoisotopic (exact) mass is 497 g/mol. The van der Waals surface area contributed by atoms with Crippen molar-refractivity contribution in [1.29, 1.82) is 0 Å². The lowest BCUT2D eigenvalue weighted by Crippen LogP contribution is -2.47. The van der Waals surface area contributed by atoms with Gasteiger partial charge in [0.05, 0.1) is 21.3 Å². The fourth-order valence-corrected chi connectivity index (χ4v) is 6.02.